The van der Waals surface area contributed by atoms with Crippen molar-refractivity contribution in [2.75, 3.05) is 31.1 Å². The van der Waals surface area contributed by atoms with Gasteiger partial charge in [-0.25, -0.2) is 4.98 Å². The van der Waals surface area contributed by atoms with Crippen LogP contribution < -0.4 is 10.2 Å². The Bertz CT molecular complexity index is 454. The minimum atomic E-state index is 0.454. The molecule has 3 rings (SSSR count). The van der Waals surface area contributed by atoms with Crippen LogP contribution in [0, 0.1) is 0 Å². The molecule has 1 aliphatic carbocycles. The zero-order chi connectivity index (χ0) is 14.7. The first-order valence-corrected chi connectivity index (χ1v) is 9.23. The first kappa shape index (κ1) is 15.3. The van der Waals surface area contributed by atoms with Gasteiger partial charge in [0.1, 0.15) is 0 Å². The Morgan fingerprint density at radius 2 is 2.10 bits per heavy atom. The normalized spacial score (nSPS) is 23.3. The SMILES string of the molecule is CCNC1CCCc2sc(N3CCC(OCC)CC3)nc21. The number of hydrogen-bond acceptors (Lipinski definition) is 5. The minimum absolute atomic E-state index is 0.454. The Kier molecular flexibility index (Phi) is 5.14. The van der Waals surface area contributed by atoms with Gasteiger partial charge in [0.2, 0.25) is 0 Å². The largest absolute Gasteiger partial charge is 0.378 e. The molecule has 1 N–H and O–H groups in total. The summed E-state index contributed by atoms with van der Waals surface area (Å²) >= 11 is 1.92. The summed E-state index contributed by atoms with van der Waals surface area (Å²) in [7, 11) is 0. The van der Waals surface area contributed by atoms with Crippen LogP contribution in [0.5, 0.6) is 0 Å². The number of ether oxygens (including phenoxy) is 1. The number of hydrogen-bond donors (Lipinski definition) is 1. The van der Waals surface area contributed by atoms with E-state index in [0.717, 1.165) is 39.1 Å². The molecule has 0 saturated carbocycles. The average Bonchev–Trinajstić information content (AvgIpc) is 2.94. The van der Waals surface area contributed by atoms with Gasteiger partial charge in [-0.05, 0) is 45.6 Å². The molecule has 1 aromatic heterocycles. The van der Waals surface area contributed by atoms with Crippen molar-refractivity contribution in [2.24, 2.45) is 0 Å². The monoisotopic (exact) mass is 309 g/mol. The first-order chi connectivity index (χ1) is 10.3. The number of nitrogens with zero attached hydrogens (tertiary/aromatic N) is 2. The number of thiazole rings is 1. The highest BCUT2D eigenvalue weighted by Crippen LogP contribution is 2.37. The Hall–Kier alpha value is -0.650. The van der Waals surface area contributed by atoms with E-state index in [0.29, 0.717) is 12.1 Å². The molecule has 0 spiro atoms. The van der Waals surface area contributed by atoms with Crippen molar-refractivity contribution in [1.82, 2.24) is 10.3 Å². The Morgan fingerprint density at radius 1 is 1.29 bits per heavy atom. The predicted octanol–water partition coefficient (Wildman–Crippen LogP) is 3.14. The third-order valence-electron chi connectivity index (χ3n) is 4.51. The van der Waals surface area contributed by atoms with Gasteiger partial charge < -0.3 is 15.0 Å². The third kappa shape index (κ3) is 3.41. The van der Waals surface area contributed by atoms with Crippen molar-refractivity contribution in [3.8, 4) is 0 Å². The van der Waals surface area contributed by atoms with Gasteiger partial charge in [0.05, 0.1) is 17.8 Å². The maximum atomic E-state index is 5.74. The molecule has 0 amide bonds. The van der Waals surface area contributed by atoms with Gasteiger partial charge in [-0.2, -0.15) is 0 Å². The van der Waals surface area contributed by atoms with Crippen LogP contribution in [0.4, 0.5) is 5.13 Å². The molecule has 0 aromatic carbocycles. The zero-order valence-corrected chi connectivity index (χ0v) is 14.0. The molecule has 2 aliphatic rings. The molecule has 1 saturated heterocycles. The van der Waals surface area contributed by atoms with Gasteiger partial charge in [-0.15, -0.1) is 11.3 Å². The van der Waals surface area contributed by atoms with Crippen LogP contribution >= 0.6 is 11.3 Å². The van der Waals surface area contributed by atoms with Crippen molar-refractivity contribution in [1.29, 1.82) is 0 Å². The molecule has 1 atom stereocenters. The highest BCUT2D eigenvalue weighted by Gasteiger charge is 2.27. The van der Waals surface area contributed by atoms with E-state index in [-0.39, 0.29) is 0 Å². The van der Waals surface area contributed by atoms with Crippen LogP contribution in [0.25, 0.3) is 0 Å². The number of anilines is 1. The topological polar surface area (TPSA) is 37.4 Å². The van der Waals surface area contributed by atoms with E-state index in [1.54, 1.807) is 0 Å². The minimum Gasteiger partial charge on any atom is -0.378 e. The molecule has 0 bridgehead atoms. The zero-order valence-electron chi connectivity index (χ0n) is 13.2. The molecular formula is C16H27N3OS. The Balaban J connectivity index is 1.67. The molecule has 1 aromatic rings. The summed E-state index contributed by atoms with van der Waals surface area (Å²) in [6, 6.07) is 0.477. The molecule has 1 unspecified atom stereocenters. The van der Waals surface area contributed by atoms with Gasteiger partial charge in [0.25, 0.3) is 0 Å². The van der Waals surface area contributed by atoms with Gasteiger partial charge >= 0.3 is 0 Å². The van der Waals surface area contributed by atoms with Crippen LogP contribution in [-0.4, -0.2) is 37.3 Å². The number of aryl methyl sites for hydroxylation is 1. The fourth-order valence-electron chi connectivity index (χ4n) is 3.44. The predicted molar refractivity (Wildman–Crippen MR) is 88.3 cm³/mol. The second-order valence-corrected chi connectivity index (χ2v) is 7.01. The lowest BCUT2D eigenvalue weighted by atomic mass is 9.98. The first-order valence-electron chi connectivity index (χ1n) is 8.41. The molecule has 118 valence electrons. The lowest BCUT2D eigenvalue weighted by molar-refractivity contribution is 0.0459. The lowest BCUT2D eigenvalue weighted by Gasteiger charge is -2.31. The fraction of sp³-hybridized carbons (Fsp3) is 0.812. The second-order valence-electron chi connectivity index (χ2n) is 5.95. The number of piperidine rings is 1. The van der Waals surface area contributed by atoms with E-state index in [2.05, 4.69) is 24.1 Å². The van der Waals surface area contributed by atoms with Crippen LogP contribution in [0.3, 0.4) is 0 Å². The maximum absolute atomic E-state index is 5.74. The third-order valence-corrected chi connectivity index (χ3v) is 5.70. The van der Waals surface area contributed by atoms with Crippen molar-refractivity contribution in [2.45, 2.75) is 58.1 Å². The molecule has 0 radical (unpaired) electrons. The summed E-state index contributed by atoms with van der Waals surface area (Å²) in [5, 5.41) is 4.82. The Morgan fingerprint density at radius 3 is 2.81 bits per heavy atom. The number of nitrogens with one attached hydrogen (secondary N) is 1. The van der Waals surface area contributed by atoms with E-state index < -0.39 is 0 Å². The van der Waals surface area contributed by atoms with Crippen molar-refractivity contribution >= 4 is 16.5 Å². The van der Waals surface area contributed by atoms with Crippen LogP contribution in [0.2, 0.25) is 0 Å². The number of rotatable bonds is 5. The van der Waals surface area contributed by atoms with E-state index in [9.17, 15) is 0 Å². The molecule has 2 heterocycles. The quantitative estimate of drug-likeness (QED) is 0.907. The van der Waals surface area contributed by atoms with Crippen molar-refractivity contribution in [3.63, 3.8) is 0 Å². The molecule has 4 nitrogen and oxygen atoms in total. The lowest BCUT2D eigenvalue weighted by Crippen LogP contribution is -2.37. The highest BCUT2D eigenvalue weighted by molar-refractivity contribution is 7.15. The van der Waals surface area contributed by atoms with Crippen molar-refractivity contribution < 1.29 is 4.74 Å². The fourth-order valence-corrected chi connectivity index (χ4v) is 4.65. The Labute approximate surface area is 131 Å². The molecule has 1 aliphatic heterocycles. The van der Waals surface area contributed by atoms with Crippen LogP contribution in [0.15, 0.2) is 0 Å². The summed E-state index contributed by atoms with van der Waals surface area (Å²) in [6.07, 6.45) is 6.46. The molecule has 5 heteroatoms. The molecule has 21 heavy (non-hydrogen) atoms. The van der Waals surface area contributed by atoms with Gasteiger partial charge in [-0.1, -0.05) is 6.92 Å². The van der Waals surface area contributed by atoms with E-state index in [4.69, 9.17) is 9.72 Å². The summed E-state index contributed by atoms with van der Waals surface area (Å²) in [5.74, 6) is 0. The summed E-state index contributed by atoms with van der Waals surface area (Å²) in [5.41, 5.74) is 1.33. The standard InChI is InChI=1S/C16H27N3OS/c1-3-17-13-6-5-7-14-15(13)18-16(21-14)19-10-8-12(9-11-19)20-4-2/h12-13,17H,3-11H2,1-2H3. The smallest absolute Gasteiger partial charge is 0.185 e. The highest BCUT2D eigenvalue weighted by atomic mass is 32.1. The summed E-state index contributed by atoms with van der Waals surface area (Å²) in [6.45, 7) is 8.30. The molecular weight excluding hydrogens is 282 g/mol. The molecule has 1 fully saturated rings. The summed E-state index contributed by atoms with van der Waals surface area (Å²) < 4.78 is 5.74. The summed E-state index contributed by atoms with van der Waals surface area (Å²) in [4.78, 5) is 8.95. The van der Waals surface area contributed by atoms with Crippen LogP contribution in [0.1, 0.15) is 56.1 Å². The van der Waals surface area contributed by atoms with E-state index >= 15 is 0 Å². The van der Waals surface area contributed by atoms with E-state index in [1.807, 2.05) is 11.3 Å². The van der Waals surface area contributed by atoms with Gasteiger partial charge in [0.15, 0.2) is 5.13 Å². The second kappa shape index (κ2) is 7.07. The van der Waals surface area contributed by atoms with Crippen molar-refractivity contribution in [3.05, 3.63) is 10.6 Å². The maximum Gasteiger partial charge on any atom is 0.185 e. The number of aromatic nitrogens is 1. The average molecular weight is 309 g/mol. The number of fused-ring (bicyclic) bond motifs is 1. The van der Waals surface area contributed by atoms with E-state index in [1.165, 1.54) is 35.0 Å². The van der Waals surface area contributed by atoms with Crippen LogP contribution in [-0.2, 0) is 11.2 Å². The van der Waals surface area contributed by atoms with Gasteiger partial charge in [-0.3, -0.25) is 0 Å². The van der Waals surface area contributed by atoms with Gasteiger partial charge in [0, 0.05) is 24.6 Å².